The molecule has 6 nitrogen and oxygen atoms in total. The minimum atomic E-state index is -4.65. The van der Waals surface area contributed by atoms with E-state index in [9.17, 15) is 18.0 Å². The lowest BCUT2D eigenvalue weighted by Crippen LogP contribution is -2.18. The highest BCUT2D eigenvalue weighted by molar-refractivity contribution is 7.12. The molecule has 0 bridgehead atoms. The fraction of sp³-hybridized carbons (Fsp3) is 0.143. The lowest BCUT2D eigenvalue weighted by atomic mass is 10.1. The molecule has 158 valence electrons. The topological polar surface area (TPSA) is 72.2 Å². The number of nitrogens with zero attached hydrogens (tertiary/aromatic N) is 4. The van der Waals surface area contributed by atoms with Crippen molar-refractivity contribution in [3.05, 3.63) is 65.3 Å². The van der Waals surface area contributed by atoms with Gasteiger partial charge in [0.2, 0.25) is 5.13 Å². The van der Waals surface area contributed by atoms with Crippen LogP contribution in [0.25, 0.3) is 27.2 Å². The number of hydrogen-bond donors (Lipinski definition) is 1. The van der Waals surface area contributed by atoms with Crippen molar-refractivity contribution in [2.24, 2.45) is 5.10 Å². The van der Waals surface area contributed by atoms with Gasteiger partial charge in [-0.05, 0) is 29.3 Å². The number of benzene rings is 2. The maximum atomic E-state index is 13.7. The van der Waals surface area contributed by atoms with Crippen LogP contribution >= 0.6 is 11.3 Å². The van der Waals surface area contributed by atoms with Gasteiger partial charge in [-0.25, -0.2) is 15.1 Å². The number of fused-ring (bicyclic) bond motifs is 1. The monoisotopic (exact) mass is 443 g/mol. The molecule has 0 spiro atoms. The van der Waals surface area contributed by atoms with Crippen molar-refractivity contribution >= 4 is 34.2 Å². The molecule has 0 atom stereocenters. The van der Waals surface area contributed by atoms with Crippen molar-refractivity contribution in [3.8, 4) is 16.4 Å². The Morgan fingerprint density at radius 2 is 1.97 bits per heavy atom. The van der Waals surface area contributed by atoms with Crippen LogP contribution in [0.2, 0.25) is 0 Å². The van der Waals surface area contributed by atoms with E-state index in [1.54, 1.807) is 12.1 Å². The Morgan fingerprint density at radius 3 is 2.71 bits per heavy atom. The van der Waals surface area contributed by atoms with Crippen molar-refractivity contribution < 1.29 is 18.0 Å². The van der Waals surface area contributed by atoms with E-state index in [0.29, 0.717) is 12.0 Å². The summed E-state index contributed by atoms with van der Waals surface area (Å²) in [5, 5.41) is 11.0. The zero-order valence-electron chi connectivity index (χ0n) is 16.2. The van der Waals surface area contributed by atoms with Crippen molar-refractivity contribution in [1.82, 2.24) is 20.2 Å². The minimum Gasteiger partial charge on any atom is -0.266 e. The van der Waals surface area contributed by atoms with E-state index >= 15 is 0 Å². The maximum Gasteiger partial charge on any atom is 0.433 e. The molecule has 1 N–H and O–H groups in total. The molecule has 0 aliphatic carbocycles. The van der Waals surface area contributed by atoms with Gasteiger partial charge >= 0.3 is 6.18 Å². The molecule has 4 aromatic rings. The van der Waals surface area contributed by atoms with Gasteiger partial charge in [-0.2, -0.15) is 23.4 Å². The number of thiazole rings is 1. The third-order valence-electron chi connectivity index (χ3n) is 4.39. The van der Waals surface area contributed by atoms with E-state index < -0.39 is 17.8 Å². The first kappa shape index (κ1) is 20.7. The molecule has 0 fully saturated rings. The number of nitrogens with one attached hydrogen (secondary N) is 1. The highest BCUT2D eigenvalue weighted by Crippen LogP contribution is 2.35. The molecule has 2 aromatic heterocycles. The van der Waals surface area contributed by atoms with Crippen molar-refractivity contribution in [2.75, 3.05) is 0 Å². The molecule has 0 unspecified atom stereocenters. The Morgan fingerprint density at radius 1 is 1.19 bits per heavy atom. The van der Waals surface area contributed by atoms with Crippen LogP contribution in [0.3, 0.4) is 0 Å². The van der Waals surface area contributed by atoms with Gasteiger partial charge in [0.15, 0.2) is 5.69 Å². The largest absolute Gasteiger partial charge is 0.433 e. The summed E-state index contributed by atoms with van der Waals surface area (Å²) in [4.78, 5) is 16.1. The number of hydrazone groups is 1. The zero-order valence-corrected chi connectivity index (χ0v) is 17.0. The summed E-state index contributed by atoms with van der Waals surface area (Å²) in [7, 11) is 0. The Labute approximate surface area is 179 Å². The normalized spacial score (nSPS) is 12.0. The average molecular weight is 443 g/mol. The number of hydrogen-bond acceptors (Lipinski definition) is 5. The second-order valence-corrected chi connectivity index (χ2v) is 7.40. The molecule has 1 amide bonds. The van der Waals surface area contributed by atoms with Crippen LogP contribution in [0.15, 0.2) is 59.0 Å². The highest BCUT2D eigenvalue weighted by Gasteiger charge is 2.37. The summed E-state index contributed by atoms with van der Waals surface area (Å²) in [5.74, 6) is -0.609. The standard InChI is InChI=1S/C21H16F3N5OS/c1-2-9-25-27-19(30)17-12-31-20(26-17)29-18(21(22,23)24)11-16(28-29)15-8-7-13-5-3-4-6-14(13)10-15/h3-12H,2H2,1H3,(H,27,30)/b25-9-. The van der Waals surface area contributed by atoms with E-state index in [2.05, 4.69) is 20.6 Å². The number of carbonyl (C=O) groups is 1. The Bertz CT molecular complexity index is 1280. The van der Waals surface area contributed by atoms with Crippen LogP contribution in [0, 0.1) is 0 Å². The van der Waals surface area contributed by atoms with Crippen molar-refractivity contribution in [1.29, 1.82) is 0 Å². The predicted octanol–water partition coefficient (Wildman–Crippen LogP) is 5.29. The van der Waals surface area contributed by atoms with Gasteiger partial charge in [0.1, 0.15) is 5.69 Å². The van der Waals surface area contributed by atoms with E-state index in [1.807, 2.05) is 37.3 Å². The van der Waals surface area contributed by atoms with E-state index in [0.717, 1.165) is 32.9 Å². The van der Waals surface area contributed by atoms with Gasteiger partial charge in [0.05, 0.1) is 5.69 Å². The molecule has 0 saturated carbocycles. The van der Waals surface area contributed by atoms with Gasteiger partial charge in [0, 0.05) is 17.2 Å². The fourth-order valence-corrected chi connectivity index (χ4v) is 3.70. The SMILES string of the molecule is CC/C=N\NC(=O)c1csc(-n2nc(-c3ccc4ccccc4c3)cc2C(F)(F)F)n1. The van der Waals surface area contributed by atoms with Gasteiger partial charge in [0.25, 0.3) is 5.91 Å². The average Bonchev–Trinajstić information content (AvgIpc) is 3.41. The fourth-order valence-electron chi connectivity index (χ4n) is 2.94. The molecule has 2 aromatic carbocycles. The van der Waals surface area contributed by atoms with E-state index in [-0.39, 0.29) is 16.5 Å². The third-order valence-corrected chi connectivity index (χ3v) is 5.21. The first-order valence-electron chi connectivity index (χ1n) is 9.31. The summed E-state index contributed by atoms with van der Waals surface area (Å²) in [5.41, 5.74) is 1.98. The minimum absolute atomic E-state index is 0.0378. The van der Waals surface area contributed by atoms with Crippen LogP contribution in [0.1, 0.15) is 29.5 Å². The molecule has 0 aliphatic rings. The van der Waals surface area contributed by atoms with Gasteiger partial charge in [-0.15, -0.1) is 11.3 Å². The molecule has 4 rings (SSSR count). The van der Waals surface area contributed by atoms with Crippen LogP contribution < -0.4 is 5.43 Å². The Hall–Kier alpha value is -3.53. The molecule has 0 radical (unpaired) electrons. The zero-order chi connectivity index (χ0) is 22.0. The smallest absolute Gasteiger partial charge is 0.266 e. The number of carbonyl (C=O) groups excluding carboxylic acids is 1. The Balaban J connectivity index is 1.73. The van der Waals surface area contributed by atoms with E-state index in [4.69, 9.17) is 0 Å². The Kier molecular flexibility index (Phi) is 5.55. The lowest BCUT2D eigenvalue weighted by molar-refractivity contribution is -0.142. The van der Waals surface area contributed by atoms with Crippen molar-refractivity contribution in [2.45, 2.75) is 19.5 Å². The van der Waals surface area contributed by atoms with Crippen LogP contribution in [-0.4, -0.2) is 26.9 Å². The first-order valence-corrected chi connectivity index (χ1v) is 10.2. The summed E-state index contributed by atoms with van der Waals surface area (Å²) >= 11 is 0.888. The number of rotatable bonds is 5. The molecule has 31 heavy (non-hydrogen) atoms. The van der Waals surface area contributed by atoms with Crippen LogP contribution in [0.4, 0.5) is 13.2 Å². The number of halogens is 3. The highest BCUT2D eigenvalue weighted by atomic mass is 32.1. The summed E-state index contributed by atoms with van der Waals surface area (Å²) in [6.45, 7) is 1.85. The van der Waals surface area contributed by atoms with Gasteiger partial charge in [-0.1, -0.05) is 43.3 Å². The maximum absolute atomic E-state index is 13.7. The first-order chi connectivity index (χ1) is 14.9. The molecule has 0 saturated heterocycles. The quantitative estimate of drug-likeness (QED) is 0.336. The number of aromatic nitrogens is 3. The molecule has 10 heteroatoms. The summed E-state index contributed by atoms with van der Waals surface area (Å²) < 4.78 is 41.8. The summed E-state index contributed by atoms with van der Waals surface area (Å²) in [6.07, 6.45) is -2.53. The van der Waals surface area contributed by atoms with Gasteiger partial charge in [-0.3, -0.25) is 4.79 Å². The second kappa shape index (κ2) is 8.31. The number of amides is 1. The van der Waals surface area contributed by atoms with Gasteiger partial charge < -0.3 is 0 Å². The number of alkyl halides is 3. The molecule has 0 aliphatic heterocycles. The lowest BCUT2D eigenvalue weighted by Gasteiger charge is -2.06. The second-order valence-electron chi connectivity index (χ2n) is 6.56. The third kappa shape index (κ3) is 4.33. The summed E-state index contributed by atoms with van der Waals surface area (Å²) in [6, 6.07) is 13.9. The molecule has 2 heterocycles. The van der Waals surface area contributed by atoms with Crippen LogP contribution in [-0.2, 0) is 6.18 Å². The van der Waals surface area contributed by atoms with Crippen LogP contribution in [0.5, 0.6) is 0 Å². The molecular weight excluding hydrogens is 427 g/mol. The van der Waals surface area contributed by atoms with Crippen molar-refractivity contribution in [3.63, 3.8) is 0 Å². The van der Waals surface area contributed by atoms with E-state index in [1.165, 1.54) is 11.6 Å². The molecular formula is C21H16F3N5OS. The predicted molar refractivity (Wildman–Crippen MR) is 113 cm³/mol.